The van der Waals surface area contributed by atoms with Crippen LogP contribution in [0.5, 0.6) is 0 Å². The van der Waals surface area contributed by atoms with Gasteiger partial charge in [-0.15, -0.1) is 0 Å². The normalized spacial score (nSPS) is 12.3. The molecule has 3 N–H and O–H groups in total. The second kappa shape index (κ2) is 7.25. The van der Waals surface area contributed by atoms with E-state index in [1.807, 2.05) is 12.1 Å². The zero-order chi connectivity index (χ0) is 15.2. The number of nitrogens with two attached hydrogens (primary N) is 1. The summed E-state index contributed by atoms with van der Waals surface area (Å²) >= 11 is 0. The molecule has 1 unspecified atom stereocenters. The van der Waals surface area contributed by atoms with Crippen LogP contribution in [0.2, 0.25) is 0 Å². The number of ether oxygens (including phenoxy) is 1. The van der Waals surface area contributed by atoms with E-state index in [9.17, 15) is 0 Å². The molecule has 0 aliphatic carbocycles. The number of anilines is 1. The molecule has 0 aliphatic rings. The van der Waals surface area contributed by atoms with Crippen molar-refractivity contribution in [3.05, 3.63) is 53.6 Å². The minimum atomic E-state index is 0.319. The maximum Gasteiger partial charge on any atom is 0.0613 e. The highest BCUT2D eigenvalue weighted by Gasteiger charge is 2.04. The van der Waals surface area contributed by atoms with Crippen LogP contribution < -0.4 is 11.1 Å². The predicted molar refractivity (Wildman–Crippen MR) is 89.2 cm³/mol. The van der Waals surface area contributed by atoms with E-state index in [1.165, 1.54) is 16.7 Å². The third-order valence-electron chi connectivity index (χ3n) is 3.47. The van der Waals surface area contributed by atoms with Crippen molar-refractivity contribution in [1.82, 2.24) is 5.32 Å². The highest BCUT2D eigenvalue weighted by atomic mass is 16.5. The molecule has 0 aromatic heterocycles. The SMILES string of the molecule is COCC(C)NCc1cc(N)cc(-c2ccc(C)cc2)c1. The van der Waals surface area contributed by atoms with Gasteiger partial charge in [-0.05, 0) is 48.7 Å². The van der Waals surface area contributed by atoms with E-state index < -0.39 is 0 Å². The molecule has 0 fully saturated rings. The molecule has 0 radical (unpaired) electrons. The zero-order valence-electron chi connectivity index (χ0n) is 13.0. The molecular weight excluding hydrogens is 260 g/mol. The van der Waals surface area contributed by atoms with Crippen LogP contribution in [-0.4, -0.2) is 19.8 Å². The van der Waals surface area contributed by atoms with Crippen LogP contribution in [0.3, 0.4) is 0 Å². The first kappa shape index (κ1) is 15.5. The van der Waals surface area contributed by atoms with Crippen molar-refractivity contribution in [3.8, 4) is 11.1 Å². The van der Waals surface area contributed by atoms with E-state index in [0.717, 1.165) is 17.8 Å². The molecule has 1 atom stereocenters. The molecule has 0 bridgehead atoms. The van der Waals surface area contributed by atoms with Gasteiger partial charge in [-0.3, -0.25) is 0 Å². The number of rotatable bonds is 6. The fraction of sp³-hybridized carbons (Fsp3) is 0.333. The lowest BCUT2D eigenvalue weighted by atomic mass is 10.0. The first-order chi connectivity index (χ1) is 10.1. The minimum absolute atomic E-state index is 0.319. The van der Waals surface area contributed by atoms with Crippen molar-refractivity contribution < 1.29 is 4.74 Å². The van der Waals surface area contributed by atoms with E-state index in [1.54, 1.807) is 7.11 Å². The van der Waals surface area contributed by atoms with Crippen LogP contribution >= 0.6 is 0 Å². The number of nitrogens with one attached hydrogen (secondary N) is 1. The number of methoxy groups -OCH3 is 1. The van der Waals surface area contributed by atoms with Gasteiger partial charge in [0.15, 0.2) is 0 Å². The summed E-state index contributed by atoms with van der Waals surface area (Å²) in [6, 6.07) is 15.1. The summed E-state index contributed by atoms with van der Waals surface area (Å²) in [5, 5.41) is 3.43. The average molecular weight is 284 g/mol. The highest BCUT2D eigenvalue weighted by Crippen LogP contribution is 2.24. The number of hydrogen-bond acceptors (Lipinski definition) is 3. The number of nitrogen functional groups attached to an aromatic ring is 1. The standard InChI is InChI=1S/C18H24N2O/c1-13-4-6-16(7-5-13)17-8-15(9-18(19)10-17)11-20-14(2)12-21-3/h4-10,14,20H,11-12,19H2,1-3H3. The van der Waals surface area contributed by atoms with E-state index >= 15 is 0 Å². The monoisotopic (exact) mass is 284 g/mol. The fourth-order valence-corrected chi connectivity index (χ4v) is 2.33. The van der Waals surface area contributed by atoms with Crippen LogP contribution in [0.25, 0.3) is 11.1 Å². The van der Waals surface area contributed by atoms with Crippen LogP contribution in [0, 0.1) is 6.92 Å². The second-order valence-corrected chi connectivity index (χ2v) is 5.57. The van der Waals surface area contributed by atoms with E-state index in [2.05, 4.69) is 49.5 Å². The summed E-state index contributed by atoms with van der Waals surface area (Å²) in [4.78, 5) is 0. The van der Waals surface area contributed by atoms with Gasteiger partial charge in [-0.1, -0.05) is 29.8 Å². The average Bonchev–Trinajstić information content (AvgIpc) is 2.46. The van der Waals surface area contributed by atoms with Crippen molar-refractivity contribution in [2.45, 2.75) is 26.4 Å². The van der Waals surface area contributed by atoms with Crippen LogP contribution in [0.4, 0.5) is 5.69 Å². The summed E-state index contributed by atoms with van der Waals surface area (Å²) in [6.45, 7) is 5.69. The maximum absolute atomic E-state index is 6.04. The highest BCUT2D eigenvalue weighted by molar-refractivity contribution is 5.68. The zero-order valence-corrected chi connectivity index (χ0v) is 13.0. The summed E-state index contributed by atoms with van der Waals surface area (Å²) in [5.41, 5.74) is 11.6. The Hall–Kier alpha value is -1.84. The lowest BCUT2D eigenvalue weighted by molar-refractivity contribution is 0.171. The molecule has 0 heterocycles. The Bertz CT molecular complexity index is 578. The summed E-state index contributed by atoms with van der Waals surface area (Å²) < 4.78 is 5.13. The van der Waals surface area contributed by atoms with Crippen molar-refractivity contribution in [2.24, 2.45) is 0 Å². The van der Waals surface area contributed by atoms with E-state index in [4.69, 9.17) is 10.5 Å². The number of benzene rings is 2. The third-order valence-corrected chi connectivity index (χ3v) is 3.47. The van der Waals surface area contributed by atoms with Crippen molar-refractivity contribution >= 4 is 5.69 Å². The molecule has 2 aromatic carbocycles. The largest absolute Gasteiger partial charge is 0.399 e. The van der Waals surface area contributed by atoms with Crippen LogP contribution in [-0.2, 0) is 11.3 Å². The molecular formula is C18H24N2O. The first-order valence-corrected chi connectivity index (χ1v) is 7.27. The van der Waals surface area contributed by atoms with Crippen LogP contribution in [0.15, 0.2) is 42.5 Å². The lowest BCUT2D eigenvalue weighted by Gasteiger charge is -2.14. The van der Waals surface area contributed by atoms with Gasteiger partial charge in [0.05, 0.1) is 6.61 Å². The van der Waals surface area contributed by atoms with Gasteiger partial charge < -0.3 is 15.8 Å². The van der Waals surface area contributed by atoms with Gasteiger partial charge in [0.2, 0.25) is 0 Å². The first-order valence-electron chi connectivity index (χ1n) is 7.27. The van der Waals surface area contributed by atoms with Gasteiger partial charge in [0.25, 0.3) is 0 Å². The summed E-state index contributed by atoms with van der Waals surface area (Å²) in [6.07, 6.45) is 0. The topological polar surface area (TPSA) is 47.3 Å². The van der Waals surface area contributed by atoms with Gasteiger partial charge in [-0.2, -0.15) is 0 Å². The van der Waals surface area contributed by atoms with Gasteiger partial charge in [0, 0.05) is 25.4 Å². The Morgan fingerprint density at radius 3 is 2.48 bits per heavy atom. The molecule has 0 amide bonds. The van der Waals surface area contributed by atoms with E-state index in [-0.39, 0.29) is 0 Å². The minimum Gasteiger partial charge on any atom is -0.399 e. The molecule has 2 aromatic rings. The Labute approximate surface area is 127 Å². The summed E-state index contributed by atoms with van der Waals surface area (Å²) in [7, 11) is 1.72. The Morgan fingerprint density at radius 2 is 1.81 bits per heavy atom. The van der Waals surface area contributed by atoms with Crippen molar-refractivity contribution in [2.75, 3.05) is 19.5 Å². The van der Waals surface area contributed by atoms with E-state index in [0.29, 0.717) is 12.6 Å². The molecule has 0 spiro atoms. The Morgan fingerprint density at radius 1 is 1.10 bits per heavy atom. The van der Waals surface area contributed by atoms with Crippen molar-refractivity contribution in [3.63, 3.8) is 0 Å². The Balaban J connectivity index is 2.15. The predicted octanol–water partition coefficient (Wildman–Crippen LogP) is 3.37. The van der Waals surface area contributed by atoms with Crippen molar-refractivity contribution in [1.29, 1.82) is 0 Å². The molecule has 0 saturated carbocycles. The molecule has 3 heteroatoms. The third kappa shape index (κ3) is 4.59. The Kier molecular flexibility index (Phi) is 5.37. The maximum atomic E-state index is 6.04. The molecule has 0 saturated heterocycles. The van der Waals surface area contributed by atoms with Crippen LogP contribution in [0.1, 0.15) is 18.1 Å². The molecule has 2 rings (SSSR count). The van der Waals surface area contributed by atoms with Gasteiger partial charge in [-0.25, -0.2) is 0 Å². The molecule has 112 valence electrons. The molecule has 21 heavy (non-hydrogen) atoms. The fourth-order valence-electron chi connectivity index (χ4n) is 2.33. The second-order valence-electron chi connectivity index (χ2n) is 5.57. The molecule has 3 nitrogen and oxygen atoms in total. The van der Waals surface area contributed by atoms with Gasteiger partial charge in [0.1, 0.15) is 0 Å². The number of hydrogen-bond donors (Lipinski definition) is 2. The van der Waals surface area contributed by atoms with Gasteiger partial charge >= 0.3 is 0 Å². The smallest absolute Gasteiger partial charge is 0.0613 e. The molecule has 0 aliphatic heterocycles. The quantitative estimate of drug-likeness (QED) is 0.800. The number of aryl methyl sites for hydroxylation is 1. The lowest BCUT2D eigenvalue weighted by Crippen LogP contribution is -2.29. The summed E-state index contributed by atoms with van der Waals surface area (Å²) in [5.74, 6) is 0.